The maximum Gasteiger partial charge on any atom is 0.407 e. The summed E-state index contributed by atoms with van der Waals surface area (Å²) in [6.45, 7) is 7.81. The van der Waals surface area contributed by atoms with E-state index in [0.717, 1.165) is 11.3 Å². The predicted octanol–water partition coefficient (Wildman–Crippen LogP) is 3.71. The Hall–Kier alpha value is -2.93. The van der Waals surface area contributed by atoms with E-state index >= 15 is 0 Å². The minimum absolute atomic E-state index is 0.202. The van der Waals surface area contributed by atoms with E-state index in [1.165, 1.54) is 7.11 Å². The van der Waals surface area contributed by atoms with Gasteiger partial charge in [-0.3, -0.25) is 9.78 Å². The minimum atomic E-state index is -0.747. The van der Waals surface area contributed by atoms with Gasteiger partial charge < -0.3 is 19.7 Å². The topological polar surface area (TPSA) is 80.8 Å². The number of pyridine rings is 1. The first kappa shape index (κ1) is 23.3. The van der Waals surface area contributed by atoms with Gasteiger partial charge in [-0.05, 0) is 45.4 Å². The van der Waals surface area contributed by atoms with Crippen LogP contribution in [0.3, 0.4) is 0 Å². The van der Waals surface area contributed by atoms with E-state index in [9.17, 15) is 9.59 Å². The lowest BCUT2D eigenvalue weighted by atomic mass is 10.1. The molecule has 2 rings (SSSR count). The van der Waals surface area contributed by atoms with E-state index in [2.05, 4.69) is 10.3 Å². The third-order valence-electron chi connectivity index (χ3n) is 4.21. The van der Waals surface area contributed by atoms with Crippen LogP contribution in [-0.4, -0.2) is 47.2 Å². The van der Waals surface area contributed by atoms with Gasteiger partial charge in [-0.25, -0.2) is 4.79 Å². The predicted molar refractivity (Wildman–Crippen MR) is 115 cm³/mol. The fourth-order valence-corrected chi connectivity index (χ4v) is 2.98. The Bertz CT molecular complexity index is 806. The lowest BCUT2D eigenvalue weighted by Gasteiger charge is -2.30. The molecule has 7 nitrogen and oxygen atoms in total. The number of aromatic nitrogens is 1. The molecular formula is C23H31N3O4. The Kier molecular flexibility index (Phi) is 8.35. The van der Waals surface area contributed by atoms with Gasteiger partial charge in [0, 0.05) is 25.9 Å². The molecule has 1 aromatic carbocycles. The van der Waals surface area contributed by atoms with Crippen molar-refractivity contribution < 1.29 is 19.1 Å². The van der Waals surface area contributed by atoms with Crippen LogP contribution in [0.5, 0.6) is 0 Å². The summed E-state index contributed by atoms with van der Waals surface area (Å²) in [5, 5.41) is 2.79. The summed E-state index contributed by atoms with van der Waals surface area (Å²) in [5.74, 6) is -0.202. The highest BCUT2D eigenvalue weighted by molar-refractivity contribution is 5.82. The van der Waals surface area contributed by atoms with Crippen molar-refractivity contribution in [2.24, 2.45) is 0 Å². The molecule has 0 aliphatic heterocycles. The number of amides is 2. The first-order chi connectivity index (χ1) is 14.2. The number of alkyl carbamates (subject to hydrolysis) is 1. The van der Waals surface area contributed by atoms with Crippen molar-refractivity contribution in [2.45, 2.75) is 52.0 Å². The first-order valence-corrected chi connectivity index (χ1v) is 9.95. The highest BCUT2D eigenvalue weighted by Gasteiger charge is 2.28. The second-order valence-electron chi connectivity index (χ2n) is 8.11. The molecule has 0 saturated carbocycles. The summed E-state index contributed by atoms with van der Waals surface area (Å²) < 4.78 is 10.8. The number of hydrogen-bond acceptors (Lipinski definition) is 5. The lowest BCUT2D eigenvalue weighted by molar-refractivity contribution is -0.143. The van der Waals surface area contributed by atoms with Crippen LogP contribution in [0.4, 0.5) is 4.79 Å². The van der Waals surface area contributed by atoms with Crippen molar-refractivity contribution in [1.29, 1.82) is 0 Å². The zero-order valence-electron chi connectivity index (χ0n) is 18.3. The quantitative estimate of drug-likeness (QED) is 0.714. The average Bonchev–Trinajstić information content (AvgIpc) is 2.68. The Morgan fingerprint density at radius 1 is 1.10 bits per heavy atom. The van der Waals surface area contributed by atoms with Crippen LogP contribution in [0.15, 0.2) is 54.7 Å². The maximum absolute atomic E-state index is 13.4. The summed E-state index contributed by atoms with van der Waals surface area (Å²) >= 11 is 0. The summed E-state index contributed by atoms with van der Waals surface area (Å²) in [5.41, 5.74) is 0.920. The molecule has 0 unspecified atom stereocenters. The molecular weight excluding hydrogens is 382 g/mol. The fraction of sp³-hybridized carbons (Fsp3) is 0.435. The Morgan fingerprint density at radius 3 is 2.33 bits per heavy atom. The summed E-state index contributed by atoms with van der Waals surface area (Å²) in [6, 6.07) is 14.6. The number of nitrogens with one attached hydrogen (secondary N) is 1. The zero-order chi connectivity index (χ0) is 22.1. The molecule has 2 aromatic rings. The Morgan fingerprint density at radius 2 is 1.77 bits per heavy atom. The number of rotatable bonds is 8. The van der Waals surface area contributed by atoms with Gasteiger partial charge in [-0.15, -0.1) is 0 Å². The van der Waals surface area contributed by atoms with Gasteiger partial charge in [0.15, 0.2) is 6.10 Å². The number of ether oxygens (including phenoxy) is 2. The van der Waals surface area contributed by atoms with Crippen molar-refractivity contribution in [2.75, 3.05) is 13.7 Å². The molecule has 0 fully saturated rings. The first-order valence-electron chi connectivity index (χ1n) is 9.95. The Labute approximate surface area is 178 Å². The van der Waals surface area contributed by atoms with E-state index in [1.807, 2.05) is 55.5 Å². The smallest absolute Gasteiger partial charge is 0.407 e. The highest BCUT2D eigenvalue weighted by atomic mass is 16.6. The van der Waals surface area contributed by atoms with Crippen LogP contribution in [-0.2, 0) is 20.8 Å². The summed E-state index contributed by atoms with van der Waals surface area (Å²) in [4.78, 5) is 31.4. The van der Waals surface area contributed by atoms with Crippen molar-refractivity contribution in [1.82, 2.24) is 15.2 Å². The van der Waals surface area contributed by atoms with Gasteiger partial charge in [-0.2, -0.15) is 0 Å². The number of nitrogens with zero attached hydrogens (tertiary/aromatic N) is 2. The molecule has 162 valence electrons. The third kappa shape index (κ3) is 7.48. The third-order valence-corrected chi connectivity index (χ3v) is 4.21. The van der Waals surface area contributed by atoms with E-state index in [0.29, 0.717) is 6.54 Å². The monoisotopic (exact) mass is 413 g/mol. The molecule has 0 saturated heterocycles. The van der Waals surface area contributed by atoms with Gasteiger partial charge in [-0.1, -0.05) is 36.4 Å². The van der Waals surface area contributed by atoms with Crippen LogP contribution in [0.25, 0.3) is 0 Å². The number of carbonyl (C=O) groups excluding carboxylic acids is 2. The molecule has 30 heavy (non-hydrogen) atoms. The van der Waals surface area contributed by atoms with Crippen molar-refractivity contribution >= 4 is 12.0 Å². The molecule has 0 spiro atoms. The van der Waals surface area contributed by atoms with Gasteiger partial charge in [0.25, 0.3) is 5.91 Å². The summed E-state index contributed by atoms with van der Waals surface area (Å²) in [7, 11) is 1.51. The van der Waals surface area contributed by atoms with Crippen molar-refractivity contribution in [3.05, 3.63) is 66.0 Å². The van der Waals surface area contributed by atoms with E-state index < -0.39 is 17.8 Å². The lowest BCUT2D eigenvalue weighted by Crippen LogP contribution is -2.46. The molecule has 0 aliphatic carbocycles. The van der Waals surface area contributed by atoms with E-state index in [-0.39, 0.29) is 18.5 Å². The molecule has 1 N–H and O–H groups in total. The van der Waals surface area contributed by atoms with Gasteiger partial charge in [0.05, 0.1) is 12.2 Å². The van der Waals surface area contributed by atoms with E-state index in [1.54, 1.807) is 31.9 Å². The molecule has 0 aliphatic rings. The molecule has 1 aromatic heterocycles. The number of benzene rings is 1. The number of hydrogen-bond donors (Lipinski definition) is 1. The largest absolute Gasteiger partial charge is 0.444 e. The standard InChI is InChI=1S/C23H31N3O4/c1-17(25-22(28)30-23(2,3)4)15-26(16-19-13-9-10-14-24-19)21(27)20(29-5)18-11-7-6-8-12-18/h6-14,17,20H,15-16H2,1-5H3,(H,25,28)/t17-,20+/m1/s1. The normalized spacial score (nSPS) is 13.2. The maximum atomic E-state index is 13.4. The number of carbonyl (C=O) groups is 2. The SMILES string of the molecule is CO[C@H](C(=O)N(Cc1ccccn1)C[C@@H](C)NC(=O)OC(C)(C)C)c1ccccc1. The molecule has 0 radical (unpaired) electrons. The minimum Gasteiger partial charge on any atom is -0.444 e. The van der Waals surface area contributed by atoms with Gasteiger partial charge >= 0.3 is 6.09 Å². The van der Waals surface area contributed by atoms with Crippen molar-refractivity contribution in [3.63, 3.8) is 0 Å². The number of methoxy groups -OCH3 is 1. The van der Waals surface area contributed by atoms with Crippen LogP contribution >= 0.6 is 0 Å². The molecule has 2 atom stereocenters. The van der Waals surface area contributed by atoms with E-state index in [4.69, 9.17) is 9.47 Å². The zero-order valence-corrected chi connectivity index (χ0v) is 18.3. The second-order valence-corrected chi connectivity index (χ2v) is 8.11. The van der Waals surface area contributed by atoms with Crippen LogP contribution in [0.2, 0.25) is 0 Å². The molecule has 1 heterocycles. The second kappa shape index (κ2) is 10.7. The van der Waals surface area contributed by atoms with Crippen LogP contribution in [0, 0.1) is 0 Å². The van der Waals surface area contributed by atoms with Crippen LogP contribution in [0.1, 0.15) is 45.1 Å². The molecule has 7 heteroatoms. The Balaban J connectivity index is 2.17. The highest BCUT2D eigenvalue weighted by Crippen LogP contribution is 2.20. The summed E-state index contributed by atoms with van der Waals surface area (Å²) in [6.07, 6.45) is 0.418. The molecule has 2 amide bonds. The fourth-order valence-electron chi connectivity index (χ4n) is 2.98. The van der Waals surface area contributed by atoms with Crippen LogP contribution < -0.4 is 5.32 Å². The molecule has 0 bridgehead atoms. The van der Waals surface area contributed by atoms with Gasteiger partial charge in [0.2, 0.25) is 0 Å². The van der Waals surface area contributed by atoms with Gasteiger partial charge in [0.1, 0.15) is 5.60 Å². The van der Waals surface area contributed by atoms with Crippen molar-refractivity contribution in [3.8, 4) is 0 Å². The average molecular weight is 414 g/mol.